The van der Waals surface area contributed by atoms with E-state index in [2.05, 4.69) is 0 Å². The van der Waals surface area contributed by atoms with E-state index >= 15 is 0 Å². The van der Waals surface area contributed by atoms with Crippen molar-refractivity contribution in [2.24, 2.45) is 5.73 Å². The van der Waals surface area contributed by atoms with Crippen molar-refractivity contribution in [1.29, 1.82) is 0 Å². The molecule has 1 aromatic carbocycles. The predicted molar refractivity (Wildman–Crippen MR) is 51.3 cm³/mol. The molecule has 0 radical (unpaired) electrons. The summed E-state index contributed by atoms with van der Waals surface area (Å²) < 4.78 is 12.7. The summed E-state index contributed by atoms with van der Waals surface area (Å²) in [5.74, 6) is -1.17. The summed E-state index contributed by atoms with van der Waals surface area (Å²) in [6, 6.07) is 3.31. The fraction of sp³-hybridized carbons (Fsp3) is 0.400. The molecule has 1 rings (SSSR count). The number of hydrogen-bond donors (Lipinski definition) is 3. The zero-order valence-electron chi connectivity index (χ0n) is 7.94. The standard InChI is InChI=1S/C10H14FNO2/c1-2-8(12)10(14)6-3-4-7(11)9(13)5-6/h3-5,8,10,13-14H,2,12H2,1H3. The fourth-order valence-electron chi connectivity index (χ4n) is 1.18. The maximum Gasteiger partial charge on any atom is 0.164 e. The van der Waals surface area contributed by atoms with Gasteiger partial charge in [0, 0.05) is 6.04 Å². The van der Waals surface area contributed by atoms with Gasteiger partial charge in [0.15, 0.2) is 11.6 Å². The number of hydrogen-bond acceptors (Lipinski definition) is 3. The normalized spacial score (nSPS) is 15.1. The Labute approximate surface area is 82.0 Å². The molecule has 3 nitrogen and oxygen atoms in total. The second-order valence-electron chi connectivity index (χ2n) is 3.23. The van der Waals surface area contributed by atoms with Gasteiger partial charge in [-0.05, 0) is 24.1 Å². The zero-order chi connectivity index (χ0) is 10.7. The van der Waals surface area contributed by atoms with E-state index in [4.69, 9.17) is 10.8 Å². The van der Waals surface area contributed by atoms with Gasteiger partial charge in [-0.15, -0.1) is 0 Å². The Morgan fingerprint density at radius 1 is 1.50 bits per heavy atom. The molecule has 0 spiro atoms. The van der Waals surface area contributed by atoms with Gasteiger partial charge in [-0.1, -0.05) is 13.0 Å². The second kappa shape index (κ2) is 4.39. The summed E-state index contributed by atoms with van der Waals surface area (Å²) in [5.41, 5.74) is 6.04. The van der Waals surface area contributed by atoms with Crippen molar-refractivity contribution in [2.45, 2.75) is 25.5 Å². The van der Waals surface area contributed by atoms with Crippen molar-refractivity contribution in [3.8, 4) is 5.75 Å². The molecular weight excluding hydrogens is 185 g/mol. The van der Waals surface area contributed by atoms with Crippen LogP contribution in [0.2, 0.25) is 0 Å². The summed E-state index contributed by atoms with van der Waals surface area (Å²) in [6.07, 6.45) is -0.259. The van der Waals surface area contributed by atoms with Crippen LogP contribution in [0.4, 0.5) is 4.39 Å². The Bertz CT molecular complexity index is 317. The molecule has 0 fully saturated rings. The Hall–Kier alpha value is -1.13. The van der Waals surface area contributed by atoms with Crippen molar-refractivity contribution in [3.05, 3.63) is 29.6 Å². The summed E-state index contributed by atoms with van der Waals surface area (Å²) in [6.45, 7) is 1.84. The van der Waals surface area contributed by atoms with E-state index in [1.165, 1.54) is 12.1 Å². The minimum absolute atomic E-state index is 0.403. The monoisotopic (exact) mass is 199 g/mol. The van der Waals surface area contributed by atoms with Crippen LogP contribution in [0.15, 0.2) is 18.2 Å². The van der Waals surface area contributed by atoms with Crippen LogP contribution in [0.3, 0.4) is 0 Å². The van der Waals surface area contributed by atoms with Crippen LogP contribution in [0.25, 0.3) is 0 Å². The van der Waals surface area contributed by atoms with Crippen LogP contribution in [0.1, 0.15) is 25.0 Å². The van der Waals surface area contributed by atoms with Crippen molar-refractivity contribution in [1.82, 2.24) is 0 Å². The first kappa shape index (κ1) is 10.9. The van der Waals surface area contributed by atoms with Crippen molar-refractivity contribution < 1.29 is 14.6 Å². The highest BCUT2D eigenvalue weighted by molar-refractivity contribution is 5.30. The first-order chi connectivity index (χ1) is 6.56. The Balaban J connectivity index is 2.91. The number of aromatic hydroxyl groups is 1. The third-order valence-corrected chi connectivity index (χ3v) is 2.19. The number of aliphatic hydroxyl groups is 1. The van der Waals surface area contributed by atoms with Gasteiger partial charge in [-0.2, -0.15) is 0 Å². The lowest BCUT2D eigenvalue weighted by Gasteiger charge is -2.17. The molecule has 0 heterocycles. The second-order valence-corrected chi connectivity index (χ2v) is 3.23. The average molecular weight is 199 g/mol. The van der Waals surface area contributed by atoms with Gasteiger partial charge in [0.25, 0.3) is 0 Å². The smallest absolute Gasteiger partial charge is 0.164 e. The largest absolute Gasteiger partial charge is 0.505 e. The highest BCUT2D eigenvalue weighted by atomic mass is 19.1. The van der Waals surface area contributed by atoms with Crippen molar-refractivity contribution >= 4 is 0 Å². The summed E-state index contributed by atoms with van der Waals surface area (Å²) in [4.78, 5) is 0. The van der Waals surface area contributed by atoms with Gasteiger partial charge < -0.3 is 15.9 Å². The van der Waals surface area contributed by atoms with E-state index in [1.807, 2.05) is 6.92 Å². The van der Waals surface area contributed by atoms with Gasteiger partial charge in [-0.25, -0.2) is 4.39 Å². The van der Waals surface area contributed by atoms with Gasteiger partial charge in [0.05, 0.1) is 6.10 Å². The van der Waals surface area contributed by atoms with E-state index in [9.17, 15) is 9.50 Å². The maximum atomic E-state index is 12.7. The molecule has 1 aromatic rings. The molecule has 2 unspecified atom stereocenters. The van der Waals surface area contributed by atoms with E-state index in [1.54, 1.807) is 0 Å². The molecular formula is C10H14FNO2. The minimum Gasteiger partial charge on any atom is -0.505 e. The van der Waals surface area contributed by atoms with Gasteiger partial charge in [0.2, 0.25) is 0 Å². The summed E-state index contributed by atoms with van der Waals surface area (Å²) in [5, 5.41) is 18.7. The number of phenols is 1. The number of aliphatic hydroxyl groups excluding tert-OH is 1. The highest BCUT2D eigenvalue weighted by Gasteiger charge is 2.16. The summed E-state index contributed by atoms with van der Waals surface area (Å²) in [7, 11) is 0. The molecule has 0 aromatic heterocycles. The summed E-state index contributed by atoms with van der Waals surface area (Å²) >= 11 is 0. The highest BCUT2D eigenvalue weighted by Crippen LogP contribution is 2.23. The molecule has 78 valence electrons. The van der Waals surface area contributed by atoms with Crippen molar-refractivity contribution in [2.75, 3.05) is 0 Å². The zero-order valence-corrected chi connectivity index (χ0v) is 7.94. The van der Waals surface area contributed by atoms with Gasteiger partial charge in [0.1, 0.15) is 0 Å². The Morgan fingerprint density at radius 3 is 2.64 bits per heavy atom. The van der Waals surface area contributed by atoms with Gasteiger partial charge >= 0.3 is 0 Å². The SMILES string of the molecule is CCC(N)C(O)c1ccc(F)c(O)c1. The lowest BCUT2D eigenvalue weighted by atomic mass is 10.0. The van der Waals surface area contributed by atoms with E-state index in [0.29, 0.717) is 12.0 Å². The number of halogens is 1. The molecule has 0 saturated heterocycles. The topological polar surface area (TPSA) is 66.5 Å². The molecule has 4 N–H and O–H groups in total. The molecule has 2 atom stereocenters. The first-order valence-electron chi connectivity index (χ1n) is 4.48. The maximum absolute atomic E-state index is 12.7. The number of phenolic OH excluding ortho intramolecular Hbond substituents is 1. The van der Waals surface area contributed by atoms with Crippen LogP contribution >= 0.6 is 0 Å². The Kier molecular flexibility index (Phi) is 3.43. The molecule has 0 amide bonds. The number of nitrogens with two attached hydrogens (primary N) is 1. The average Bonchev–Trinajstić information content (AvgIpc) is 2.20. The quantitative estimate of drug-likeness (QED) is 0.687. The van der Waals surface area contributed by atoms with Crippen LogP contribution in [-0.4, -0.2) is 16.3 Å². The fourth-order valence-corrected chi connectivity index (χ4v) is 1.18. The predicted octanol–water partition coefficient (Wildman–Crippen LogP) is 1.30. The van der Waals surface area contributed by atoms with Crippen LogP contribution in [-0.2, 0) is 0 Å². The van der Waals surface area contributed by atoms with Crippen LogP contribution < -0.4 is 5.73 Å². The lowest BCUT2D eigenvalue weighted by molar-refractivity contribution is 0.144. The minimum atomic E-state index is -0.869. The lowest BCUT2D eigenvalue weighted by Crippen LogP contribution is -2.27. The molecule has 0 aliphatic carbocycles. The Morgan fingerprint density at radius 2 is 2.14 bits per heavy atom. The van der Waals surface area contributed by atoms with Gasteiger partial charge in [-0.3, -0.25) is 0 Å². The molecule has 14 heavy (non-hydrogen) atoms. The first-order valence-corrected chi connectivity index (χ1v) is 4.48. The molecule has 4 heteroatoms. The molecule has 0 bridgehead atoms. The number of rotatable bonds is 3. The van der Waals surface area contributed by atoms with E-state index < -0.39 is 23.7 Å². The third kappa shape index (κ3) is 2.21. The molecule has 0 aliphatic rings. The van der Waals surface area contributed by atoms with Crippen LogP contribution in [0, 0.1) is 5.82 Å². The van der Waals surface area contributed by atoms with Crippen molar-refractivity contribution in [3.63, 3.8) is 0 Å². The third-order valence-electron chi connectivity index (χ3n) is 2.19. The molecule has 0 aliphatic heterocycles. The number of benzene rings is 1. The van der Waals surface area contributed by atoms with Crippen LogP contribution in [0.5, 0.6) is 5.75 Å². The van der Waals surface area contributed by atoms with E-state index in [-0.39, 0.29) is 0 Å². The molecule has 0 saturated carbocycles. The van der Waals surface area contributed by atoms with E-state index in [0.717, 1.165) is 6.07 Å².